The van der Waals surface area contributed by atoms with E-state index < -0.39 is 17.8 Å². The lowest BCUT2D eigenvalue weighted by Gasteiger charge is -2.33. The molecule has 6 nitrogen and oxygen atoms in total. The average molecular weight is 417 g/mol. The highest BCUT2D eigenvalue weighted by molar-refractivity contribution is 5.99. The molecule has 2 aromatic rings. The van der Waals surface area contributed by atoms with Gasteiger partial charge in [0.25, 0.3) is 0 Å². The molecule has 1 aliphatic rings. The number of amides is 2. The van der Waals surface area contributed by atoms with Crippen LogP contribution in [-0.4, -0.2) is 54.0 Å². The van der Waals surface area contributed by atoms with Gasteiger partial charge < -0.3 is 10.2 Å². The first kappa shape index (κ1) is 21.6. The molecule has 1 aromatic heterocycles. The highest BCUT2D eigenvalue weighted by Crippen LogP contribution is 2.34. The molecule has 2 amide bonds. The van der Waals surface area contributed by atoms with Crippen LogP contribution in [0.3, 0.4) is 0 Å². The standard InChI is InChI=1S/C21H22F3N5O/c1-3-15-6-7-25-19(12-15)27-20(30)26-17-5-4-16(18(13-17)21(22,23)24)14-29-10-8-28(2)9-11-29/h1,4-7,12-13H,8-11,14H2,2H3,(H2,25,26,27,30). The highest BCUT2D eigenvalue weighted by atomic mass is 19.4. The molecule has 0 aliphatic carbocycles. The fourth-order valence-electron chi connectivity index (χ4n) is 3.17. The number of alkyl halides is 3. The molecule has 9 heteroatoms. The van der Waals surface area contributed by atoms with Crippen LogP contribution in [-0.2, 0) is 12.7 Å². The first-order chi connectivity index (χ1) is 14.2. The third-order valence-corrected chi connectivity index (χ3v) is 4.83. The maximum absolute atomic E-state index is 13.6. The van der Waals surface area contributed by atoms with Crippen molar-refractivity contribution in [1.82, 2.24) is 14.8 Å². The Balaban J connectivity index is 1.72. The van der Waals surface area contributed by atoms with E-state index >= 15 is 0 Å². The van der Waals surface area contributed by atoms with E-state index in [4.69, 9.17) is 6.42 Å². The van der Waals surface area contributed by atoms with Gasteiger partial charge in [0, 0.05) is 50.2 Å². The van der Waals surface area contributed by atoms with E-state index in [0.717, 1.165) is 19.2 Å². The predicted molar refractivity (Wildman–Crippen MR) is 109 cm³/mol. The zero-order chi connectivity index (χ0) is 21.7. The van der Waals surface area contributed by atoms with E-state index in [-0.39, 0.29) is 23.6 Å². The van der Waals surface area contributed by atoms with E-state index in [1.165, 1.54) is 24.4 Å². The molecule has 30 heavy (non-hydrogen) atoms. The fourth-order valence-corrected chi connectivity index (χ4v) is 3.17. The molecule has 0 atom stereocenters. The zero-order valence-electron chi connectivity index (χ0n) is 16.5. The van der Waals surface area contributed by atoms with E-state index in [1.54, 1.807) is 6.07 Å². The largest absolute Gasteiger partial charge is 0.416 e. The van der Waals surface area contributed by atoms with Crippen LogP contribution in [0.25, 0.3) is 0 Å². The molecule has 3 rings (SSSR count). The van der Waals surface area contributed by atoms with Gasteiger partial charge in [-0.15, -0.1) is 6.42 Å². The molecular formula is C21H22F3N5O. The third-order valence-electron chi connectivity index (χ3n) is 4.83. The molecule has 0 radical (unpaired) electrons. The number of hydrogen-bond acceptors (Lipinski definition) is 4. The van der Waals surface area contributed by atoms with Crippen molar-refractivity contribution in [3.63, 3.8) is 0 Å². The van der Waals surface area contributed by atoms with Crippen LogP contribution in [0, 0.1) is 12.3 Å². The summed E-state index contributed by atoms with van der Waals surface area (Å²) in [6.45, 7) is 3.25. The van der Waals surface area contributed by atoms with Crippen molar-refractivity contribution in [2.45, 2.75) is 12.7 Å². The first-order valence-corrected chi connectivity index (χ1v) is 9.36. The van der Waals surface area contributed by atoms with E-state index in [9.17, 15) is 18.0 Å². The summed E-state index contributed by atoms with van der Waals surface area (Å²) >= 11 is 0. The normalized spacial score (nSPS) is 15.4. The number of halogens is 3. The van der Waals surface area contributed by atoms with Crippen LogP contribution >= 0.6 is 0 Å². The molecule has 0 bridgehead atoms. The molecule has 0 saturated carbocycles. The van der Waals surface area contributed by atoms with Gasteiger partial charge in [-0.2, -0.15) is 13.2 Å². The molecule has 1 aliphatic heterocycles. The summed E-state index contributed by atoms with van der Waals surface area (Å²) in [5.74, 6) is 2.61. The van der Waals surface area contributed by atoms with E-state index in [2.05, 4.69) is 26.4 Å². The number of likely N-dealkylation sites (N-methyl/N-ethyl adjacent to an activating group) is 1. The maximum atomic E-state index is 13.6. The van der Waals surface area contributed by atoms with Gasteiger partial charge in [0.15, 0.2) is 0 Å². The van der Waals surface area contributed by atoms with Crippen LogP contribution in [0.2, 0.25) is 0 Å². The Morgan fingerprint density at radius 2 is 1.90 bits per heavy atom. The number of nitrogens with one attached hydrogen (secondary N) is 2. The summed E-state index contributed by atoms with van der Waals surface area (Å²) in [5, 5.41) is 4.87. The van der Waals surface area contributed by atoms with Crippen molar-refractivity contribution in [1.29, 1.82) is 0 Å². The van der Waals surface area contributed by atoms with Gasteiger partial charge in [-0.05, 0) is 36.9 Å². The summed E-state index contributed by atoms with van der Waals surface area (Å²) in [7, 11) is 1.99. The van der Waals surface area contributed by atoms with Gasteiger partial charge in [0.2, 0.25) is 0 Å². The number of carbonyl (C=O) groups is 1. The molecule has 1 aromatic carbocycles. The molecule has 1 saturated heterocycles. The molecule has 2 heterocycles. The van der Waals surface area contributed by atoms with Crippen molar-refractivity contribution in [3.8, 4) is 12.3 Å². The molecular weight excluding hydrogens is 395 g/mol. The predicted octanol–water partition coefficient (Wildman–Crippen LogP) is 3.47. The lowest BCUT2D eigenvalue weighted by atomic mass is 10.0. The summed E-state index contributed by atoms with van der Waals surface area (Å²) in [5.41, 5.74) is -0.0175. The zero-order valence-corrected chi connectivity index (χ0v) is 16.5. The van der Waals surface area contributed by atoms with Gasteiger partial charge in [0.05, 0.1) is 5.56 Å². The van der Waals surface area contributed by atoms with E-state index in [1.807, 2.05) is 11.9 Å². The Labute approximate surface area is 173 Å². The number of nitrogens with zero attached hydrogens (tertiary/aromatic N) is 3. The van der Waals surface area contributed by atoms with E-state index in [0.29, 0.717) is 18.7 Å². The lowest BCUT2D eigenvalue weighted by molar-refractivity contribution is -0.138. The Morgan fingerprint density at radius 3 is 2.57 bits per heavy atom. The van der Waals surface area contributed by atoms with Gasteiger partial charge in [-0.1, -0.05) is 12.0 Å². The number of benzene rings is 1. The van der Waals surface area contributed by atoms with Crippen molar-refractivity contribution < 1.29 is 18.0 Å². The summed E-state index contributed by atoms with van der Waals surface area (Å²) < 4.78 is 40.9. The lowest BCUT2D eigenvalue weighted by Crippen LogP contribution is -2.44. The van der Waals surface area contributed by atoms with Crippen molar-refractivity contribution in [2.24, 2.45) is 0 Å². The Hall–Kier alpha value is -3.09. The van der Waals surface area contributed by atoms with Crippen molar-refractivity contribution in [2.75, 3.05) is 43.9 Å². The number of urea groups is 1. The van der Waals surface area contributed by atoms with Crippen LogP contribution < -0.4 is 10.6 Å². The number of rotatable bonds is 4. The molecule has 1 fully saturated rings. The number of carbonyl (C=O) groups excluding carboxylic acids is 1. The third kappa shape index (κ3) is 5.72. The number of aromatic nitrogens is 1. The average Bonchev–Trinajstić information content (AvgIpc) is 2.70. The Morgan fingerprint density at radius 1 is 1.17 bits per heavy atom. The number of terminal acetylenes is 1. The first-order valence-electron chi connectivity index (χ1n) is 9.36. The van der Waals surface area contributed by atoms with Crippen LogP contribution in [0.5, 0.6) is 0 Å². The molecule has 158 valence electrons. The van der Waals surface area contributed by atoms with Gasteiger partial charge in [0.1, 0.15) is 5.82 Å². The minimum atomic E-state index is -4.53. The molecule has 0 spiro atoms. The molecule has 0 unspecified atom stereocenters. The number of pyridine rings is 1. The second kappa shape index (κ2) is 9.15. The van der Waals surface area contributed by atoms with Gasteiger partial charge >= 0.3 is 12.2 Å². The summed E-state index contributed by atoms with van der Waals surface area (Å²) in [6.07, 6.45) is 2.20. The van der Waals surface area contributed by atoms with Gasteiger partial charge in [-0.25, -0.2) is 9.78 Å². The smallest absolute Gasteiger partial charge is 0.308 e. The Bertz CT molecular complexity index is 946. The summed E-state index contributed by atoms with van der Waals surface area (Å²) in [6, 6.07) is 6.20. The van der Waals surface area contributed by atoms with Crippen LogP contribution in [0.15, 0.2) is 36.5 Å². The quantitative estimate of drug-likeness (QED) is 0.748. The minimum Gasteiger partial charge on any atom is -0.308 e. The highest BCUT2D eigenvalue weighted by Gasteiger charge is 2.34. The Kier molecular flexibility index (Phi) is 6.59. The second-order valence-corrected chi connectivity index (χ2v) is 7.10. The van der Waals surface area contributed by atoms with Gasteiger partial charge in [-0.3, -0.25) is 10.2 Å². The van der Waals surface area contributed by atoms with Crippen molar-refractivity contribution >= 4 is 17.5 Å². The molecule has 2 N–H and O–H groups in total. The SMILES string of the molecule is C#Cc1ccnc(NC(=O)Nc2ccc(CN3CCN(C)CC3)c(C(F)(F)F)c2)c1. The number of piperazine rings is 1. The second-order valence-electron chi connectivity index (χ2n) is 7.10. The van der Waals surface area contributed by atoms with Crippen LogP contribution in [0.1, 0.15) is 16.7 Å². The topological polar surface area (TPSA) is 60.5 Å². The number of hydrogen-bond donors (Lipinski definition) is 2. The fraction of sp³-hybridized carbons (Fsp3) is 0.333. The summed E-state index contributed by atoms with van der Waals surface area (Å²) in [4.78, 5) is 20.3. The maximum Gasteiger partial charge on any atom is 0.416 e. The van der Waals surface area contributed by atoms with Crippen molar-refractivity contribution in [3.05, 3.63) is 53.2 Å². The monoisotopic (exact) mass is 417 g/mol. The minimum absolute atomic E-state index is 0.0371. The van der Waals surface area contributed by atoms with Crippen LogP contribution in [0.4, 0.5) is 29.5 Å². The number of anilines is 2.